The van der Waals surface area contributed by atoms with Gasteiger partial charge in [0.1, 0.15) is 0 Å². The van der Waals surface area contributed by atoms with Crippen molar-refractivity contribution in [2.45, 2.75) is 0 Å². The van der Waals surface area contributed by atoms with Gasteiger partial charge in [0, 0.05) is 40.7 Å². The van der Waals surface area contributed by atoms with Crippen molar-refractivity contribution in [3.05, 3.63) is 59.6 Å². The highest BCUT2D eigenvalue weighted by Gasteiger charge is 2.17. The Morgan fingerprint density at radius 2 is 2.07 bits per heavy atom. The predicted molar refractivity (Wildman–Crippen MR) is 105 cm³/mol. The molecular formula is C20H15N3O3S. The minimum Gasteiger partial charge on any atom is -0.454 e. The lowest BCUT2D eigenvalue weighted by Crippen LogP contribution is -2.12. The molecule has 0 aliphatic carbocycles. The van der Waals surface area contributed by atoms with Crippen LogP contribution in [0.2, 0.25) is 0 Å². The minimum atomic E-state index is -0.168. The molecule has 0 bridgehead atoms. The zero-order chi connectivity index (χ0) is 18.4. The molecular weight excluding hydrogens is 362 g/mol. The van der Waals surface area contributed by atoms with Gasteiger partial charge in [0.25, 0.3) is 5.91 Å². The molecule has 0 fully saturated rings. The Hall–Kier alpha value is -3.32. The number of rotatable bonds is 3. The summed E-state index contributed by atoms with van der Waals surface area (Å²) < 4.78 is 12.7. The molecule has 0 unspecified atom stereocenters. The summed E-state index contributed by atoms with van der Waals surface area (Å²) >= 11 is 1.39. The molecule has 6 nitrogen and oxygen atoms in total. The lowest BCUT2D eigenvalue weighted by atomic mass is 10.1. The number of nitrogens with zero attached hydrogens (tertiary/aromatic N) is 2. The first-order valence-corrected chi connectivity index (χ1v) is 9.28. The van der Waals surface area contributed by atoms with Crippen LogP contribution in [0.3, 0.4) is 0 Å². The molecule has 1 N–H and O–H groups in total. The van der Waals surface area contributed by atoms with Crippen LogP contribution in [-0.2, 0) is 7.05 Å². The highest BCUT2D eigenvalue weighted by Crippen LogP contribution is 2.36. The quantitative estimate of drug-likeness (QED) is 0.579. The number of fused-ring (bicyclic) bond motifs is 2. The maximum absolute atomic E-state index is 12.7. The third-order valence-corrected chi connectivity index (χ3v) is 5.32. The van der Waals surface area contributed by atoms with E-state index in [0.29, 0.717) is 16.4 Å². The SMILES string of the molecule is Cn1ccc2c(C(=O)Nc3nc(-c4ccc5c(c4)OCO5)cs3)cccc21. The van der Waals surface area contributed by atoms with Crippen molar-refractivity contribution in [1.29, 1.82) is 0 Å². The van der Waals surface area contributed by atoms with Crippen LogP contribution in [0.1, 0.15) is 10.4 Å². The van der Waals surface area contributed by atoms with Gasteiger partial charge >= 0.3 is 0 Å². The topological polar surface area (TPSA) is 65.4 Å². The van der Waals surface area contributed by atoms with Crippen molar-refractivity contribution in [1.82, 2.24) is 9.55 Å². The number of aromatic nitrogens is 2. The lowest BCUT2D eigenvalue weighted by molar-refractivity contribution is 0.102. The van der Waals surface area contributed by atoms with Gasteiger partial charge in [-0.2, -0.15) is 0 Å². The fourth-order valence-electron chi connectivity index (χ4n) is 3.18. The van der Waals surface area contributed by atoms with Gasteiger partial charge in [0.05, 0.1) is 5.69 Å². The van der Waals surface area contributed by atoms with Gasteiger partial charge < -0.3 is 14.0 Å². The number of aryl methyl sites for hydroxylation is 1. The predicted octanol–water partition coefficient (Wildman–Crippen LogP) is 4.28. The Balaban J connectivity index is 1.41. The Morgan fingerprint density at radius 3 is 3.00 bits per heavy atom. The van der Waals surface area contributed by atoms with Gasteiger partial charge in [0.2, 0.25) is 6.79 Å². The highest BCUT2D eigenvalue weighted by atomic mass is 32.1. The fraction of sp³-hybridized carbons (Fsp3) is 0.100. The van der Waals surface area contributed by atoms with E-state index in [0.717, 1.165) is 27.9 Å². The average Bonchev–Trinajstić information content (AvgIpc) is 3.41. The number of nitrogens with one attached hydrogen (secondary N) is 1. The molecule has 27 heavy (non-hydrogen) atoms. The number of thiazole rings is 1. The zero-order valence-corrected chi connectivity index (χ0v) is 15.2. The summed E-state index contributed by atoms with van der Waals surface area (Å²) in [6.45, 7) is 0.238. The first kappa shape index (κ1) is 15.9. The van der Waals surface area contributed by atoms with Crippen LogP contribution < -0.4 is 14.8 Å². The van der Waals surface area contributed by atoms with Crippen molar-refractivity contribution < 1.29 is 14.3 Å². The number of ether oxygens (including phenoxy) is 2. The smallest absolute Gasteiger partial charge is 0.258 e. The molecule has 134 valence electrons. The van der Waals surface area contributed by atoms with Crippen LogP contribution in [0.5, 0.6) is 11.5 Å². The molecule has 4 aromatic rings. The molecule has 5 rings (SSSR count). The number of benzene rings is 2. The van der Waals surface area contributed by atoms with E-state index in [9.17, 15) is 4.79 Å². The summed E-state index contributed by atoms with van der Waals surface area (Å²) in [7, 11) is 1.96. The van der Waals surface area contributed by atoms with Crippen molar-refractivity contribution >= 4 is 33.3 Å². The van der Waals surface area contributed by atoms with Crippen molar-refractivity contribution in [2.24, 2.45) is 7.05 Å². The average molecular weight is 377 g/mol. The Labute approximate surface area is 159 Å². The van der Waals surface area contributed by atoms with E-state index in [-0.39, 0.29) is 12.7 Å². The number of hydrogen-bond acceptors (Lipinski definition) is 5. The largest absolute Gasteiger partial charge is 0.454 e. The van der Waals surface area contributed by atoms with Gasteiger partial charge in [-0.3, -0.25) is 10.1 Å². The molecule has 1 aliphatic heterocycles. The Kier molecular flexibility index (Phi) is 3.61. The summed E-state index contributed by atoms with van der Waals surface area (Å²) in [6.07, 6.45) is 1.95. The number of amides is 1. The number of carbonyl (C=O) groups is 1. The molecule has 0 radical (unpaired) electrons. The van der Waals surface area contributed by atoms with E-state index in [1.165, 1.54) is 11.3 Å². The van der Waals surface area contributed by atoms with Crippen molar-refractivity contribution in [2.75, 3.05) is 12.1 Å². The molecule has 1 aliphatic rings. The van der Waals surface area contributed by atoms with Crippen LogP contribution in [-0.4, -0.2) is 22.3 Å². The van der Waals surface area contributed by atoms with Gasteiger partial charge in [-0.25, -0.2) is 4.98 Å². The summed E-state index contributed by atoms with van der Waals surface area (Å²) in [5.41, 5.74) is 3.35. The molecule has 3 heterocycles. The summed E-state index contributed by atoms with van der Waals surface area (Å²) in [4.78, 5) is 17.3. The number of hydrogen-bond donors (Lipinski definition) is 1. The Morgan fingerprint density at radius 1 is 1.19 bits per heavy atom. The van der Waals surface area contributed by atoms with Crippen LogP contribution in [0.15, 0.2) is 54.0 Å². The number of carbonyl (C=O) groups excluding carboxylic acids is 1. The molecule has 0 saturated carbocycles. The van der Waals surface area contributed by atoms with Crippen molar-refractivity contribution in [3.63, 3.8) is 0 Å². The van der Waals surface area contributed by atoms with E-state index in [1.54, 1.807) is 0 Å². The fourth-order valence-corrected chi connectivity index (χ4v) is 3.90. The standard InChI is InChI=1S/C20H15N3O3S/c1-23-8-7-13-14(3-2-4-16(13)23)19(24)22-20-21-15(10-27-20)12-5-6-17-18(9-12)26-11-25-17/h2-10H,11H2,1H3,(H,21,22,24). The molecule has 0 saturated heterocycles. The van der Waals surface area contributed by atoms with E-state index in [2.05, 4.69) is 10.3 Å². The van der Waals surface area contributed by atoms with Crippen molar-refractivity contribution in [3.8, 4) is 22.8 Å². The second-order valence-corrected chi connectivity index (χ2v) is 7.08. The van der Waals surface area contributed by atoms with E-state index in [4.69, 9.17) is 9.47 Å². The molecule has 2 aromatic carbocycles. The van der Waals surface area contributed by atoms with E-state index < -0.39 is 0 Å². The van der Waals surface area contributed by atoms with Gasteiger partial charge in [-0.15, -0.1) is 11.3 Å². The first-order valence-electron chi connectivity index (χ1n) is 8.40. The first-order chi connectivity index (χ1) is 13.2. The third-order valence-electron chi connectivity index (χ3n) is 4.57. The van der Waals surface area contributed by atoms with E-state index in [1.807, 2.05) is 65.7 Å². The normalized spacial score (nSPS) is 12.5. The van der Waals surface area contributed by atoms with Crippen LogP contribution >= 0.6 is 11.3 Å². The van der Waals surface area contributed by atoms with Gasteiger partial charge in [-0.05, 0) is 36.4 Å². The summed E-state index contributed by atoms with van der Waals surface area (Å²) in [6, 6.07) is 13.3. The zero-order valence-electron chi connectivity index (χ0n) is 14.4. The summed E-state index contributed by atoms with van der Waals surface area (Å²) in [5, 5.41) is 6.30. The maximum Gasteiger partial charge on any atom is 0.258 e. The maximum atomic E-state index is 12.7. The van der Waals surface area contributed by atoms with Crippen LogP contribution in [0.25, 0.3) is 22.2 Å². The molecule has 7 heteroatoms. The Bertz CT molecular complexity index is 1180. The van der Waals surface area contributed by atoms with Crippen LogP contribution in [0.4, 0.5) is 5.13 Å². The van der Waals surface area contributed by atoms with Gasteiger partial charge in [-0.1, -0.05) is 6.07 Å². The monoisotopic (exact) mass is 377 g/mol. The molecule has 0 spiro atoms. The second-order valence-electron chi connectivity index (χ2n) is 6.23. The molecule has 1 amide bonds. The van der Waals surface area contributed by atoms with Gasteiger partial charge in [0.15, 0.2) is 16.6 Å². The minimum absolute atomic E-state index is 0.168. The summed E-state index contributed by atoms with van der Waals surface area (Å²) in [5.74, 6) is 1.28. The number of anilines is 1. The molecule has 2 aromatic heterocycles. The molecule has 0 atom stereocenters. The third kappa shape index (κ3) is 2.72. The van der Waals surface area contributed by atoms with Crippen LogP contribution in [0, 0.1) is 0 Å². The second kappa shape index (κ2) is 6.14. The highest BCUT2D eigenvalue weighted by molar-refractivity contribution is 7.14. The lowest BCUT2D eigenvalue weighted by Gasteiger charge is -2.04. The van der Waals surface area contributed by atoms with E-state index >= 15 is 0 Å².